The number of H-pyrrole nitrogens is 2. The molecule has 0 saturated heterocycles. The summed E-state index contributed by atoms with van der Waals surface area (Å²) in [5, 5.41) is 0. The van der Waals surface area contributed by atoms with Crippen molar-refractivity contribution in [3.63, 3.8) is 0 Å². The fourth-order valence-corrected chi connectivity index (χ4v) is 8.38. The van der Waals surface area contributed by atoms with Crippen LogP contribution in [0.25, 0.3) is 55.5 Å². The number of nitrogens with one attached hydrogen (secondary N) is 2. The van der Waals surface area contributed by atoms with E-state index in [0.29, 0.717) is 0 Å². The Bertz CT molecular complexity index is 2080. The predicted molar refractivity (Wildman–Crippen MR) is 238 cm³/mol. The first-order chi connectivity index (χ1) is 26.7. The molecule has 6 rings (SSSR count). The first-order valence-electron chi connectivity index (χ1n) is 21.6. The van der Waals surface area contributed by atoms with Crippen LogP contribution in [0.2, 0.25) is 0 Å². The van der Waals surface area contributed by atoms with Crippen LogP contribution in [0.3, 0.4) is 0 Å². The zero-order valence-corrected chi connectivity index (χ0v) is 35.5. The van der Waals surface area contributed by atoms with Crippen molar-refractivity contribution >= 4 is 44.4 Å². The van der Waals surface area contributed by atoms with Crippen molar-refractivity contribution in [2.75, 3.05) is 6.61 Å². The van der Waals surface area contributed by atoms with E-state index in [4.69, 9.17) is 14.7 Å². The van der Waals surface area contributed by atoms with Gasteiger partial charge in [0.25, 0.3) is 0 Å². The highest BCUT2D eigenvalue weighted by molar-refractivity contribution is 6.02. The van der Waals surface area contributed by atoms with E-state index in [1.165, 1.54) is 66.6 Å². The number of ether oxygens (including phenoxy) is 1. The number of allylic oxidation sites excluding steroid dienone is 4. The minimum atomic E-state index is 0.734. The second-order valence-electron chi connectivity index (χ2n) is 16.0. The maximum absolute atomic E-state index is 6.14. The number of fused-ring (bicyclic) bond motifs is 8. The summed E-state index contributed by atoms with van der Waals surface area (Å²) in [4.78, 5) is 19.2. The Balaban J connectivity index is 1.78. The van der Waals surface area contributed by atoms with Crippen molar-refractivity contribution in [3.8, 4) is 16.9 Å². The lowest BCUT2D eigenvalue weighted by Crippen LogP contribution is -1.97. The third-order valence-electron chi connectivity index (χ3n) is 12.0. The Hall–Kier alpha value is -4.38. The molecule has 0 unspecified atom stereocenters. The molecule has 5 nitrogen and oxygen atoms in total. The zero-order chi connectivity index (χ0) is 39.1. The number of unbranched alkanes of at least 4 members (excludes halogenated alkanes) is 5. The van der Waals surface area contributed by atoms with Crippen molar-refractivity contribution < 1.29 is 4.74 Å². The fourth-order valence-electron chi connectivity index (χ4n) is 8.38. The number of nitrogens with zero attached hydrogens (tertiary/aromatic N) is 2. The molecule has 2 N–H and O–H groups in total. The molecule has 5 heterocycles. The molecule has 0 saturated carbocycles. The highest BCUT2D eigenvalue weighted by Gasteiger charge is 2.27. The molecule has 0 fully saturated rings. The molecule has 4 aromatic rings. The molecule has 55 heavy (non-hydrogen) atoms. The molecular formula is C50H66N4O. The van der Waals surface area contributed by atoms with Crippen LogP contribution in [0.15, 0.2) is 42.5 Å². The highest BCUT2D eigenvalue weighted by atomic mass is 16.5. The van der Waals surface area contributed by atoms with Crippen molar-refractivity contribution in [2.24, 2.45) is 0 Å². The Kier molecular flexibility index (Phi) is 13.6. The molecule has 0 atom stereocenters. The lowest BCUT2D eigenvalue weighted by atomic mass is 9.92. The molecule has 0 aliphatic carbocycles. The highest BCUT2D eigenvalue weighted by Crippen LogP contribution is 2.44. The Morgan fingerprint density at radius 3 is 1.38 bits per heavy atom. The Morgan fingerprint density at radius 2 is 0.945 bits per heavy atom. The van der Waals surface area contributed by atoms with Crippen LogP contribution < -0.4 is 4.74 Å². The van der Waals surface area contributed by atoms with Crippen molar-refractivity contribution in [1.29, 1.82) is 0 Å². The second kappa shape index (κ2) is 18.5. The van der Waals surface area contributed by atoms with E-state index in [9.17, 15) is 0 Å². The van der Waals surface area contributed by atoms with E-state index in [1.807, 2.05) is 0 Å². The van der Waals surface area contributed by atoms with Gasteiger partial charge >= 0.3 is 0 Å². The van der Waals surface area contributed by atoms with Gasteiger partial charge in [0.15, 0.2) is 0 Å². The number of aryl methyl sites for hydroxylation is 4. The number of aromatic nitrogens is 4. The minimum Gasteiger partial charge on any atom is -0.494 e. The predicted octanol–water partition coefficient (Wildman–Crippen LogP) is 14.7. The second-order valence-corrected chi connectivity index (χ2v) is 16.0. The lowest BCUT2D eigenvalue weighted by molar-refractivity contribution is 0.309. The normalized spacial score (nSPS) is 13.0. The number of aromatic amines is 2. The van der Waals surface area contributed by atoms with Gasteiger partial charge in [-0.2, -0.15) is 0 Å². The van der Waals surface area contributed by atoms with Gasteiger partial charge in [-0.3, -0.25) is 0 Å². The van der Waals surface area contributed by atoms with Gasteiger partial charge < -0.3 is 14.7 Å². The van der Waals surface area contributed by atoms with Gasteiger partial charge in [0.05, 0.1) is 29.4 Å². The molecule has 0 radical (unpaired) electrons. The Labute approximate surface area is 331 Å². The smallest absolute Gasteiger partial charge is 0.119 e. The van der Waals surface area contributed by atoms with E-state index >= 15 is 0 Å². The van der Waals surface area contributed by atoms with Crippen LogP contribution in [0.5, 0.6) is 5.75 Å². The van der Waals surface area contributed by atoms with E-state index in [0.717, 1.165) is 136 Å². The number of benzene rings is 1. The molecule has 8 bridgehead atoms. The van der Waals surface area contributed by atoms with Gasteiger partial charge in [0, 0.05) is 27.6 Å². The van der Waals surface area contributed by atoms with Gasteiger partial charge in [0.2, 0.25) is 0 Å². The monoisotopic (exact) mass is 739 g/mol. The summed E-state index contributed by atoms with van der Waals surface area (Å²) < 4.78 is 6.14. The summed E-state index contributed by atoms with van der Waals surface area (Å²) in [6.07, 6.45) is 15.4. The molecule has 5 heteroatoms. The quantitative estimate of drug-likeness (QED) is 0.106. The summed E-state index contributed by atoms with van der Waals surface area (Å²) in [5.74, 6) is 0.910. The maximum atomic E-state index is 6.14. The van der Waals surface area contributed by atoms with Crippen molar-refractivity contribution in [1.82, 2.24) is 19.9 Å². The Morgan fingerprint density at radius 1 is 0.509 bits per heavy atom. The number of hydrogen-bond donors (Lipinski definition) is 2. The summed E-state index contributed by atoms with van der Waals surface area (Å²) in [5.41, 5.74) is 22.0. The molecule has 292 valence electrons. The summed E-state index contributed by atoms with van der Waals surface area (Å²) in [6.45, 7) is 21.3. The van der Waals surface area contributed by atoms with Crippen LogP contribution in [-0.4, -0.2) is 26.5 Å². The van der Waals surface area contributed by atoms with Gasteiger partial charge in [0.1, 0.15) is 5.75 Å². The van der Waals surface area contributed by atoms with Gasteiger partial charge in [-0.15, -0.1) is 0 Å². The molecule has 2 aliphatic rings. The van der Waals surface area contributed by atoms with E-state index in [-0.39, 0.29) is 0 Å². The van der Waals surface area contributed by atoms with Gasteiger partial charge in [-0.05, 0) is 166 Å². The lowest BCUT2D eigenvalue weighted by Gasteiger charge is -2.12. The largest absolute Gasteiger partial charge is 0.494 e. The van der Waals surface area contributed by atoms with Crippen LogP contribution in [0, 0.1) is 13.8 Å². The van der Waals surface area contributed by atoms with E-state index < -0.39 is 0 Å². The molecule has 0 amide bonds. The average molecular weight is 739 g/mol. The van der Waals surface area contributed by atoms with Crippen LogP contribution in [0.4, 0.5) is 0 Å². The van der Waals surface area contributed by atoms with Crippen LogP contribution in [0.1, 0.15) is 171 Å². The standard InChI is InChI=1S/C50H66N4O/c1-10-15-20-38-32(6)42-29-43-33(7)39(21-16-11-2)45(52-43)31-47-41(23-18-13-4)35(9)50(54-47)48(36-24-26-37(27-25-36)55-28-19-14-5)49-34(8)40(22-17-12-3)46(53-49)30-44(38)51-42/h24-27,29-31,51-52H,10-23,28H2,1-9H3. The third kappa shape index (κ3) is 8.56. The number of rotatable bonds is 17. The maximum Gasteiger partial charge on any atom is 0.119 e. The average Bonchev–Trinajstić information content (AvgIpc) is 3.85. The fraction of sp³-hybridized carbons (Fsp3) is 0.480. The summed E-state index contributed by atoms with van der Waals surface area (Å²) >= 11 is 0. The summed E-state index contributed by atoms with van der Waals surface area (Å²) in [6, 6.07) is 15.8. The SMILES string of the molecule is CCCCOc1ccc(-c2c3nc(cc4[nH]c(cc5[nH]c(cc6nc2C(C)=C6CCCC)c(CCCC)c5C)c(C)c4CCCC)C(CCCC)=C3C)cc1. The van der Waals surface area contributed by atoms with Crippen LogP contribution >= 0.6 is 0 Å². The topological polar surface area (TPSA) is 66.6 Å². The van der Waals surface area contributed by atoms with Gasteiger partial charge in [-0.1, -0.05) is 78.9 Å². The van der Waals surface area contributed by atoms with Crippen molar-refractivity contribution in [3.05, 3.63) is 87.5 Å². The summed E-state index contributed by atoms with van der Waals surface area (Å²) in [7, 11) is 0. The molecule has 0 spiro atoms. The van der Waals surface area contributed by atoms with Crippen molar-refractivity contribution in [2.45, 2.75) is 152 Å². The van der Waals surface area contributed by atoms with Gasteiger partial charge in [-0.25, -0.2) is 9.97 Å². The molecule has 1 aromatic carbocycles. The van der Waals surface area contributed by atoms with E-state index in [2.05, 4.69) is 115 Å². The minimum absolute atomic E-state index is 0.734. The third-order valence-corrected chi connectivity index (χ3v) is 12.0. The first-order valence-corrected chi connectivity index (χ1v) is 21.6. The van der Waals surface area contributed by atoms with Crippen LogP contribution in [-0.2, 0) is 12.8 Å². The molecule has 2 aliphatic heterocycles. The number of hydrogen-bond acceptors (Lipinski definition) is 3. The zero-order valence-electron chi connectivity index (χ0n) is 35.5. The first kappa shape index (κ1) is 40.3. The van der Waals surface area contributed by atoms with E-state index in [1.54, 1.807) is 0 Å². The molecule has 3 aromatic heterocycles. The molecular weight excluding hydrogens is 673 g/mol.